The second-order valence-corrected chi connectivity index (χ2v) is 6.58. The number of sulfonamides is 1. The van der Waals surface area contributed by atoms with Crippen molar-refractivity contribution in [2.75, 3.05) is 30.7 Å². The fourth-order valence-electron chi connectivity index (χ4n) is 1.79. The van der Waals surface area contributed by atoms with Gasteiger partial charge in [0.15, 0.2) is 0 Å². The monoisotopic (exact) mass is 270 g/mol. The minimum Gasteiger partial charge on any atom is -0.320 e. The molecule has 1 rings (SSSR count). The van der Waals surface area contributed by atoms with Crippen LogP contribution in [-0.2, 0) is 10.0 Å². The largest absolute Gasteiger partial charge is 0.320 e. The molecule has 0 fully saturated rings. The van der Waals surface area contributed by atoms with Gasteiger partial charge in [-0.3, -0.25) is 4.31 Å². The summed E-state index contributed by atoms with van der Waals surface area (Å²) in [5, 5.41) is 2.96. The molecule has 0 aliphatic carbocycles. The highest BCUT2D eigenvalue weighted by Crippen LogP contribution is 2.24. The molecule has 0 heterocycles. The highest BCUT2D eigenvalue weighted by atomic mass is 32.2. The Labute approximate surface area is 110 Å². The smallest absolute Gasteiger partial charge is 0.234 e. The summed E-state index contributed by atoms with van der Waals surface area (Å²) in [4.78, 5) is 0. The van der Waals surface area contributed by atoms with Crippen molar-refractivity contribution in [3.63, 3.8) is 0 Å². The number of hydrogen-bond acceptors (Lipinski definition) is 3. The van der Waals surface area contributed by atoms with E-state index in [9.17, 15) is 8.42 Å². The Morgan fingerprint density at radius 2 is 1.94 bits per heavy atom. The SMILES string of the molecule is CNCCCS(=O)(=O)N(C)c1cccc(C)c1C. The van der Waals surface area contributed by atoms with Crippen LogP contribution in [0.2, 0.25) is 0 Å². The zero-order valence-electron chi connectivity index (χ0n) is 11.5. The zero-order valence-corrected chi connectivity index (χ0v) is 12.3. The molecule has 18 heavy (non-hydrogen) atoms. The summed E-state index contributed by atoms with van der Waals surface area (Å²) < 4.78 is 25.7. The summed E-state index contributed by atoms with van der Waals surface area (Å²) in [6.45, 7) is 4.64. The minimum absolute atomic E-state index is 0.164. The lowest BCUT2D eigenvalue weighted by Gasteiger charge is -2.22. The standard InChI is InChI=1S/C13H22N2O2S/c1-11-7-5-8-13(12(11)2)15(4)18(16,17)10-6-9-14-3/h5,7-8,14H,6,9-10H2,1-4H3. The van der Waals surface area contributed by atoms with Crippen molar-refractivity contribution in [2.45, 2.75) is 20.3 Å². The van der Waals surface area contributed by atoms with E-state index in [2.05, 4.69) is 5.32 Å². The first kappa shape index (κ1) is 15.0. The maximum absolute atomic E-state index is 12.2. The molecule has 0 saturated heterocycles. The van der Waals surface area contributed by atoms with Gasteiger partial charge in [-0.2, -0.15) is 0 Å². The van der Waals surface area contributed by atoms with Crippen LogP contribution in [0.4, 0.5) is 5.69 Å². The van der Waals surface area contributed by atoms with Crippen LogP contribution in [0.3, 0.4) is 0 Å². The molecule has 102 valence electrons. The maximum atomic E-state index is 12.2. The van der Waals surface area contributed by atoms with Gasteiger partial charge in [0.2, 0.25) is 10.0 Å². The summed E-state index contributed by atoms with van der Waals surface area (Å²) in [6, 6.07) is 5.72. The molecule has 1 aromatic carbocycles. The molecule has 1 aromatic rings. The van der Waals surface area contributed by atoms with Crippen LogP contribution in [-0.4, -0.2) is 34.8 Å². The van der Waals surface area contributed by atoms with Crippen LogP contribution >= 0.6 is 0 Å². The Morgan fingerprint density at radius 3 is 2.56 bits per heavy atom. The van der Waals surface area contributed by atoms with E-state index in [1.807, 2.05) is 39.1 Å². The van der Waals surface area contributed by atoms with Gasteiger partial charge in [0, 0.05) is 7.05 Å². The van der Waals surface area contributed by atoms with Gasteiger partial charge in [0.1, 0.15) is 0 Å². The normalized spacial score (nSPS) is 11.6. The predicted octanol–water partition coefficient (Wildman–Crippen LogP) is 1.68. The number of hydrogen-bond donors (Lipinski definition) is 1. The topological polar surface area (TPSA) is 49.4 Å². The van der Waals surface area contributed by atoms with Gasteiger partial charge >= 0.3 is 0 Å². The number of nitrogens with zero attached hydrogens (tertiary/aromatic N) is 1. The van der Waals surface area contributed by atoms with Crippen LogP contribution < -0.4 is 9.62 Å². The lowest BCUT2D eigenvalue weighted by atomic mass is 10.1. The van der Waals surface area contributed by atoms with E-state index in [0.717, 1.165) is 16.8 Å². The lowest BCUT2D eigenvalue weighted by molar-refractivity contribution is 0.590. The molecule has 0 aromatic heterocycles. The number of nitrogens with one attached hydrogen (secondary N) is 1. The van der Waals surface area contributed by atoms with Gasteiger partial charge < -0.3 is 5.32 Å². The predicted molar refractivity (Wildman–Crippen MR) is 76.6 cm³/mol. The van der Waals surface area contributed by atoms with Gasteiger partial charge in [0.25, 0.3) is 0 Å². The van der Waals surface area contributed by atoms with Gasteiger partial charge in [-0.05, 0) is 51.1 Å². The Hall–Kier alpha value is -1.07. The number of anilines is 1. The fourth-order valence-corrected chi connectivity index (χ4v) is 3.08. The second kappa shape index (κ2) is 6.20. The molecule has 0 unspecified atom stereocenters. The van der Waals surface area contributed by atoms with Crippen LogP contribution in [0.25, 0.3) is 0 Å². The molecule has 0 spiro atoms. The Kier molecular flexibility index (Phi) is 5.16. The van der Waals surface area contributed by atoms with Crippen LogP contribution in [0.1, 0.15) is 17.5 Å². The molecule has 0 bridgehead atoms. The molecule has 0 amide bonds. The summed E-state index contributed by atoms with van der Waals surface area (Å²) in [6.07, 6.45) is 0.619. The van der Waals surface area contributed by atoms with E-state index < -0.39 is 10.0 Å². The van der Waals surface area contributed by atoms with E-state index >= 15 is 0 Å². The molecule has 5 heteroatoms. The van der Waals surface area contributed by atoms with E-state index in [1.54, 1.807) is 7.05 Å². The van der Waals surface area contributed by atoms with Gasteiger partial charge in [-0.25, -0.2) is 8.42 Å². The molecule has 0 aliphatic heterocycles. The Morgan fingerprint density at radius 1 is 1.28 bits per heavy atom. The van der Waals surface area contributed by atoms with E-state index in [4.69, 9.17) is 0 Å². The molecular weight excluding hydrogens is 248 g/mol. The molecule has 1 N–H and O–H groups in total. The Balaban J connectivity index is 2.92. The maximum Gasteiger partial charge on any atom is 0.234 e. The van der Waals surface area contributed by atoms with E-state index in [0.29, 0.717) is 13.0 Å². The average molecular weight is 270 g/mol. The summed E-state index contributed by atoms with van der Waals surface area (Å²) in [7, 11) is 0.210. The first-order valence-electron chi connectivity index (χ1n) is 6.07. The Bertz CT molecular complexity index is 498. The number of rotatable bonds is 6. The zero-order chi connectivity index (χ0) is 13.8. The first-order valence-corrected chi connectivity index (χ1v) is 7.68. The van der Waals surface area contributed by atoms with Crippen LogP contribution in [0.5, 0.6) is 0 Å². The number of benzene rings is 1. The minimum atomic E-state index is -3.23. The molecule has 4 nitrogen and oxygen atoms in total. The van der Waals surface area contributed by atoms with Crippen molar-refractivity contribution < 1.29 is 8.42 Å². The third-order valence-corrected chi connectivity index (χ3v) is 5.00. The molecule has 0 saturated carbocycles. The summed E-state index contributed by atoms with van der Waals surface area (Å²) >= 11 is 0. The van der Waals surface area contributed by atoms with Crippen molar-refractivity contribution in [3.8, 4) is 0 Å². The summed E-state index contributed by atoms with van der Waals surface area (Å²) in [5.74, 6) is 0.164. The molecule has 0 aliphatic rings. The first-order chi connectivity index (χ1) is 8.40. The van der Waals surface area contributed by atoms with Gasteiger partial charge in [-0.15, -0.1) is 0 Å². The summed E-state index contributed by atoms with van der Waals surface area (Å²) in [5.41, 5.74) is 2.88. The molecular formula is C13H22N2O2S. The number of aryl methyl sites for hydroxylation is 1. The van der Waals surface area contributed by atoms with Crippen molar-refractivity contribution in [1.82, 2.24) is 5.32 Å². The van der Waals surface area contributed by atoms with Crippen LogP contribution in [0, 0.1) is 13.8 Å². The fraction of sp³-hybridized carbons (Fsp3) is 0.538. The van der Waals surface area contributed by atoms with Crippen molar-refractivity contribution in [3.05, 3.63) is 29.3 Å². The van der Waals surface area contributed by atoms with E-state index in [1.165, 1.54) is 4.31 Å². The molecule has 0 atom stereocenters. The van der Waals surface area contributed by atoms with Crippen molar-refractivity contribution in [1.29, 1.82) is 0 Å². The van der Waals surface area contributed by atoms with Crippen molar-refractivity contribution >= 4 is 15.7 Å². The lowest BCUT2D eigenvalue weighted by Crippen LogP contribution is -2.30. The molecule has 0 radical (unpaired) electrons. The third kappa shape index (κ3) is 3.46. The van der Waals surface area contributed by atoms with Gasteiger partial charge in [-0.1, -0.05) is 12.1 Å². The van der Waals surface area contributed by atoms with Crippen LogP contribution in [0.15, 0.2) is 18.2 Å². The quantitative estimate of drug-likeness (QED) is 0.800. The van der Waals surface area contributed by atoms with Crippen molar-refractivity contribution in [2.24, 2.45) is 0 Å². The van der Waals surface area contributed by atoms with E-state index in [-0.39, 0.29) is 5.75 Å². The highest BCUT2D eigenvalue weighted by molar-refractivity contribution is 7.92. The van der Waals surface area contributed by atoms with Gasteiger partial charge in [0.05, 0.1) is 11.4 Å². The third-order valence-electron chi connectivity index (χ3n) is 3.16. The highest BCUT2D eigenvalue weighted by Gasteiger charge is 2.19. The average Bonchev–Trinajstić information content (AvgIpc) is 2.32. The second-order valence-electron chi connectivity index (χ2n) is 4.46.